The second-order valence-electron chi connectivity index (χ2n) is 8.04. The van der Waals surface area contributed by atoms with Crippen molar-refractivity contribution in [2.75, 3.05) is 52.6 Å². The summed E-state index contributed by atoms with van der Waals surface area (Å²) in [6.07, 6.45) is 3.47. The minimum absolute atomic E-state index is 0.0717. The van der Waals surface area contributed by atoms with Crippen molar-refractivity contribution in [2.45, 2.75) is 62.8 Å². The number of aliphatic hydroxyl groups is 2. The van der Waals surface area contributed by atoms with E-state index in [9.17, 15) is 10.2 Å². The zero-order valence-electron chi connectivity index (χ0n) is 18.9. The largest absolute Gasteiger partial charge is 0.539 e. The van der Waals surface area contributed by atoms with Gasteiger partial charge in [0, 0.05) is 32.3 Å². The molecule has 2 atom stereocenters. The Balaban J connectivity index is 3.31. The molecule has 0 bridgehead atoms. The lowest BCUT2D eigenvalue weighted by molar-refractivity contribution is 0.0361. The molecule has 0 aliphatic carbocycles. The Kier molecular flexibility index (Phi) is 19.3. The first-order valence-electron chi connectivity index (χ1n) is 11.3. The summed E-state index contributed by atoms with van der Waals surface area (Å²) in [5, 5.41) is 25.9. The van der Waals surface area contributed by atoms with Gasteiger partial charge in [0.2, 0.25) is 0 Å². The molecule has 0 fully saturated rings. The second-order valence-corrected chi connectivity index (χ2v) is 12.1. The minimum Gasteiger partial charge on any atom is -0.539 e. The highest BCUT2D eigenvalue weighted by atomic mass is 28.4. The number of hydrogen-bond donors (Lipinski definition) is 10. The molecule has 0 aromatic carbocycles. The Morgan fingerprint density at radius 1 is 0.688 bits per heavy atom. The standard InChI is InChI=1S/C18H44N2O10Si2/c21-17(15-29-9-5-11-31(23,24)25)13-19-7-3-1-2-4-8-20-14-18(22)16-30-10-6-12-32(26,27)28/h17-28H,1-16H2/q-1. The normalized spacial score (nSPS) is 14.6. The maximum atomic E-state index is 9.77. The molecule has 12 nitrogen and oxygen atoms in total. The Morgan fingerprint density at radius 2 is 1.16 bits per heavy atom. The van der Waals surface area contributed by atoms with Crippen LogP contribution in [0.1, 0.15) is 38.5 Å². The number of ether oxygens (including phenoxy) is 2. The molecule has 10 N–H and O–H groups in total. The summed E-state index contributed by atoms with van der Waals surface area (Å²) in [5.74, 6) is 0. The van der Waals surface area contributed by atoms with E-state index in [0.717, 1.165) is 38.8 Å². The maximum absolute atomic E-state index is 9.77. The van der Waals surface area contributed by atoms with E-state index in [1.165, 1.54) is 0 Å². The Labute approximate surface area is 192 Å². The lowest BCUT2D eigenvalue weighted by Crippen LogP contribution is -2.35. The van der Waals surface area contributed by atoms with Crippen molar-refractivity contribution < 1.29 is 48.5 Å². The third-order valence-corrected chi connectivity index (χ3v) is 6.49. The van der Waals surface area contributed by atoms with Crippen molar-refractivity contribution in [3.05, 3.63) is 0 Å². The Hall–Kier alpha value is -0.0462. The summed E-state index contributed by atoms with van der Waals surface area (Å²) in [5.41, 5.74) is 0. The van der Waals surface area contributed by atoms with Crippen LogP contribution in [-0.2, 0) is 9.47 Å². The molecule has 0 aromatic heterocycles. The van der Waals surface area contributed by atoms with Gasteiger partial charge < -0.3 is 59.1 Å². The predicted octanol–water partition coefficient (Wildman–Crippen LogP) is -2.91. The lowest BCUT2D eigenvalue weighted by atomic mass is 10.2. The zero-order valence-corrected chi connectivity index (χ0v) is 20.9. The smallest absolute Gasteiger partial charge is 0.492 e. The number of aliphatic hydroxyl groups excluding tert-OH is 2. The van der Waals surface area contributed by atoms with Gasteiger partial charge in [-0.15, -0.1) is 0 Å². The van der Waals surface area contributed by atoms with Crippen molar-refractivity contribution in [1.29, 1.82) is 0 Å². The Bertz CT molecular complexity index is 390. The molecule has 14 heteroatoms. The SMILES string of the molecule is OC(CNCCCCCCNCC(O)COCCC[Si-](O)(O)O)COCCC[Si](O)(O)O. The predicted molar refractivity (Wildman–Crippen MR) is 122 cm³/mol. The fourth-order valence-corrected chi connectivity index (χ4v) is 4.01. The minimum atomic E-state index is -3.99. The lowest BCUT2D eigenvalue weighted by Gasteiger charge is -2.21. The van der Waals surface area contributed by atoms with Crippen molar-refractivity contribution in [3.8, 4) is 0 Å². The van der Waals surface area contributed by atoms with Crippen LogP contribution < -0.4 is 10.6 Å². The topological polar surface area (TPSA) is 204 Å². The number of rotatable bonds is 23. The van der Waals surface area contributed by atoms with Gasteiger partial charge in [0.05, 0.1) is 25.4 Å². The van der Waals surface area contributed by atoms with Crippen LogP contribution in [0.2, 0.25) is 12.1 Å². The van der Waals surface area contributed by atoms with Crippen molar-refractivity contribution in [3.63, 3.8) is 0 Å². The molecular weight excluding hydrogens is 460 g/mol. The highest BCUT2D eigenvalue weighted by Crippen LogP contribution is 2.03. The van der Waals surface area contributed by atoms with Crippen molar-refractivity contribution in [1.82, 2.24) is 10.6 Å². The second kappa shape index (κ2) is 19.3. The van der Waals surface area contributed by atoms with Gasteiger partial charge in [0.1, 0.15) is 0 Å². The highest BCUT2D eigenvalue weighted by molar-refractivity contribution is 6.56. The average molecular weight is 505 g/mol. The van der Waals surface area contributed by atoms with Gasteiger partial charge >= 0.3 is 8.80 Å². The van der Waals surface area contributed by atoms with Crippen LogP contribution in [0.15, 0.2) is 0 Å². The van der Waals surface area contributed by atoms with E-state index in [1.807, 2.05) is 0 Å². The van der Waals surface area contributed by atoms with Crippen LogP contribution in [0.4, 0.5) is 0 Å². The molecule has 2 unspecified atom stereocenters. The molecule has 0 heterocycles. The molecule has 0 aliphatic rings. The van der Waals surface area contributed by atoms with Crippen LogP contribution in [-0.4, -0.2) is 121 Å². The first-order chi connectivity index (χ1) is 15.0. The molecule has 0 amide bonds. The molecule has 195 valence electrons. The highest BCUT2D eigenvalue weighted by Gasteiger charge is 2.25. The van der Waals surface area contributed by atoms with E-state index in [4.69, 9.17) is 38.2 Å². The summed E-state index contributed by atoms with van der Waals surface area (Å²) in [7, 11) is -7.98. The first-order valence-corrected chi connectivity index (χ1v) is 15.4. The average Bonchev–Trinajstić information content (AvgIpc) is 2.67. The summed E-state index contributed by atoms with van der Waals surface area (Å²) < 4.78 is 10.5. The monoisotopic (exact) mass is 504 g/mol. The van der Waals surface area contributed by atoms with E-state index in [0.29, 0.717) is 25.9 Å². The van der Waals surface area contributed by atoms with Crippen LogP contribution in [0, 0.1) is 0 Å². The summed E-state index contributed by atoms with van der Waals surface area (Å²) in [6, 6.07) is -0.143. The Morgan fingerprint density at radius 3 is 1.59 bits per heavy atom. The zero-order chi connectivity index (χ0) is 24.3. The molecule has 0 rings (SSSR count). The molecule has 0 aromatic rings. The third-order valence-electron chi connectivity index (χ3n) is 4.44. The van der Waals surface area contributed by atoms with Gasteiger partial charge in [-0.1, -0.05) is 25.3 Å². The van der Waals surface area contributed by atoms with Gasteiger partial charge in [-0.3, -0.25) is 0 Å². The van der Waals surface area contributed by atoms with Crippen molar-refractivity contribution >= 4 is 17.6 Å². The molecule has 0 radical (unpaired) electrons. The van der Waals surface area contributed by atoms with Crippen molar-refractivity contribution in [2.24, 2.45) is 0 Å². The number of unbranched alkanes of at least 4 members (excludes halogenated alkanes) is 3. The first kappa shape index (κ1) is 32.0. The van der Waals surface area contributed by atoms with Crippen LogP contribution in [0.3, 0.4) is 0 Å². The van der Waals surface area contributed by atoms with Gasteiger partial charge in [-0.2, -0.15) is 0 Å². The number of nitrogens with one attached hydrogen (secondary N) is 2. The fraction of sp³-hybridized carbons (Fsp3) is 1.00. The van der Waals surface area contributed by atoms with E-state index in [1.54, 1.807) is 0 Å². The van der Waals surface area contributed by atoms with Crippen LogP contribution >= 0.6 is 0 Å². The van der Waals surface area contributed by atoms with E-state index in [-0.39, 0.29) is 38.5 Å². The third kappa shape index (κ3) is 26.2. The van der Waals surface area contributed by atoms with Gasteiger partial charge in [0.15, 0.2) is 0 Å². The van der Waals surface area contributed by atoms with E-state index in [2.05, 4.69) is 10.6 Å². The van der Waals surface area contributed by atoms with Crippen LogP contribution in [0.5, 0.6) is 0 Å². The van der Waals surface area contributed by atoms with E-state index >= 15 is 0 Å². The number of hydrogen-bond acceptors (Lipinski definition) is 12. The van der Waals surface area contributed by atoms with Gasteiger partial charge in [0.25, 0.3) is 8.80 Å². The van der Waals surface area contributed by atoms with Gasteiger partial charge in [-0.05, 0) is 32.4 Å². The molecule has 0 saturated carbocycles. The molecule has 32 heavy (non-hydrogen) atoms. The molecule has 0 spiro atoms. The van der Waals surface area contributed by atoms with E-state index < -0.39 is 29.8 Å². The quantitative estimate of drug-likeness (QED) is 0.0502. The summed E-state index contributed by atoms with van der Waals surface area (Å²) >= 11 is 0. The molecule has 0 aliphatic heterocycles. The molecule has 0 saturated heterocycles. The molecular formula is C18H44N2O10Si2-. The summed E-state index contributed by atoms with van der Waals surface area (Å²) in [4.78, 5) is 53.1. The van der Waals surface area contributed by atoms with Gasteiger partial charge in [-0.25, -0.2) is 0 Å². The summed E-state index contributed by atoms with van der Waals surface area (Å²) in [6.45, 7) is 3.25. The fourth-order valence-electron chi connectivity index (χ4n) is 2.77. The maximum Gasteiger partial charge on any atom is 0.492 e. The van der Waals surface area contributed by atoms with Crippen LogP contribution in [0.25, 0.3) is 0 Å².